The number of carbonyl (C=O) groups is 1. The number of aromatic nitrogens is 3. The van der Waals surface area contributed by atoms with Gasteiger partial charge >= 0.3 is 4.87 Å². The Morgan fingerprint density at radius 2 is 2.06 bits per heavy atom. The van der Waals surface area contributed by atoms with Crippen molar-refractivity contribution >= 4 is 60.5 Å². The van der Waals surface area contributed by atoms with E-state index in [2.05, 4.69) is 25.2 Å². The summed E-state index contributed by atoms with van der Waals surface area (Å²) in [7, 11) is 0. The van der Waals surface area contributed by atoms with Gasteiger partial charge in [0.1, 0.15) is 17.0 Å². The number of benzene rings is 1. The Morgan fingerprint density at radius 1 is 1.22 bits per heavy atom. The van der Waals surface area contributed by atoms with Gasteiger partial charge in [0.15, 0.2) is 0 Å². The lowest BCUT2D eigenvalue weighted by atomic mass is 9.93. The lowest BCUT2D eigenvalue weighted by Crippen LogP contribution is -2.50. The van der Waals surface area contributed by atoms with Crippen LogP contribution in [0, 0.1) is 4.91 Å². The number of thiophene rings is 1. The molecule has 2 aliphatic rings. The number of fused-ring (bicyclic) bond motifs is 4. The Kier molecular flexibility index (Phi) is 6.02. The van der Waals surface area contributed by atoms with Gasteiger partial charge in [-0.25, -0.2) is 14.9 Å². The fourth-order valence-corrected chi connectivity index (χ4v) is 7.14. The third-order valence-corrected chi connectivity index (χ3v) is 9.07. The Labute approximate surface area is 214 Å². The zero-order valence-corrected chi connectivity index (χ0v) is 21.5. The highest BCUT2D eigenvalue weighted by Gasteiger charge is 2.35. The molecular weight excluding hydrogens is 498 g/mol. The number of carbonyl (C=O) groups excluding carboxylic acids is 1. The highest BCUT2D eigenvalue weighted by atomic mass is 32.1. The van der Waals surface area contributed by atoms with Crippen LogP contribution < -0.4 is 10.2 Å². The molecule has 1 aliphatic carbocycles. The number of aromatic amines is 1. The average molecular weight is 525 g/mol. The van der Waals surface area contributed by atoms with Crippen LogP contribution in [-0.2, 0) is 17.6 Å². The molecule has 1 fully saturated rings. The van der Waals surface area contributed by atoms with E-state index < -0.39 is 0 Å². The van der Waals surface area contributed by atoms with Gasteiger partial charge in [-0.2, -0.15) is 0 Å². The molecule has 10 nitrogen and oxygen atoms in total. The number of piperazine rings is 1. The molecule has 0 bridgehead atoms. The quantitative estimate of drug-likeness (QED) is 0.386. The van der Waals surface area contributed by atoms with E-state index in [1.165, 1.54) is 26.5 Å². The van der Waals surface area contributed by atoms with Gasteiger partial charge in [-0.3, -0.25) is 9.59 Å². The molecule has 0 spiro atoms. The minimum Gasteiger partial charge on any atom is -0.340 e. The predicted octanol–water partition coefficient (Wildman–Crippen LogP) is 3.10. The number of anilines is 2. The average Bonchev–Trinajstić information content (AvgIpc) is 3.43. The molecule has 1 aromatic carbocycles. The zero-order valence-electron chi connectivity index (χ0n) is 19.8. The standard InChI is InChI=1S/C24H25N7O3S2/c1-14(32)30-8-6-29(7-9-30)13-31(34)16-3-4-17-19(11-16)35-23-21(17)22(25-12-26-23)27-15-2-5-18-20(10-15)36-24(33)28-18/h2,5,10,12,16H,3-4,6-9,11,13H2,1H3,(H-,25,26,27,28,33)/p+1. The van der Waals surface area contributed by atoms with Crippen LogP contribution in [0.5, 0.6) is 0 Å². The van der Waals surface area contributed by atoms with E-state index in [1.54, 1.807) is 24.6 Å². The lowest BCUT2D eigenvalue weighted by molar-refractivity contribution is -0.605. The molecule has 1 unspecified atom stereocenters. The highest BCUT2D eigenvalue weighted by Crippen LogP contribution is 2.39. The van der Waals surface area contributed by atoms with E-state index >= 15 is 0 Å². The number of nitrogens with one attached hydrogen (secondary N) is 2. The number of hydrogen-bond donors (Lipinski definition) is 2. The van der Waals surface area contributed by atoms with E-state index in [0.29, 0.717) is 26.2 Å². The first-order valence-electron chi connectivity index (χ1n) is 12.0. The largest absolute Gasteiger partial charge is 0.340 e. The summed E-state index contributed by atoms with van der Waals surface area (Å²) in [5.41, 5.74) is 2.91. The van der Waals surface area contributed by atoms with E-state index in [-0.39, 0.29) is 16.8 Å². The first-order valence-corrected chi connectivity index (χ1v) is 13.6. The van der Waals surface area contributed by atoms with Gasteiger partial charge in [0.25, 0.3) is 0 Å². The fraction of sp³-hybridized carbons (Fsp3) is 0.417. The van der Waals surface area contributed by atoms with Crippen LogP contribution in [0.4, 0.5) is 11.5 Å². The zero-order chi connectivity index (χ0) is 24.8. The van der Waals surface area contributed by atoms with Crippen molar-refractivity contribution in [1.82, 2.24) is 24.8 Å². The van der Waals surface area contributed by atoms with Crippen LogP contribution in [0.15, 0.2) is 29.3 Å². The summed E-state index contributed by atoms with van der Waals surface area (Å²) in [4.78, 5) is 54.2. The van der Waals surface area contributed by atoms with Crippen molar-refractivity contribution in [2.24, 2.45) is 0 Å². The summed E-state index contributed by atoms with van der Waals surface area (Å²) >= 11 is 2.83. The smallest absolute Gasteiger partial charge is 0.305 e. The molecule has 4 heterocycles. The maximum atomic E-state index is 13.1. The Hall–Kier alpha value is -3.22. The second-order valence-corrected chi connectivity index (χ2v) is 11.4. The Bertz CT molecular complexity index is 1530. The van der Waals surface area contributed by atoms with Crippen LogP contribution in [0.2, 0.25) is 0 Å². The summed E-state index contributed by atoms with van der Waals surface area (Å²) in [5, 5.41) is 4.45. The predicted molar refractivity (Wildman–Crippen MR) is 141 cm³/mol. The van der Waals surface area contributed by atoms with E-state index in [0.717, 1.165) is 57.9 Å². The van der Waals surface area contributed by atoms with Crippen molar-refractivity contribution in [1.29, 1.82) is 0 Å². The number of hydrogen-bond acceptors (Lipinski definition) is 9. The third kappa shape index (κ3) is 4.40. The van der Waals surface area contributed by atoms with Gasteiger partial charge in [0, 0.05) is 66.2 Å². The highest BCUT2D eigenvalue weighted by molar-refractivity contribution is 7.19. The number of nitroso groups, excluding NO2 is 1. The molecular formula is C24H26N7O3S2+. The molecule has 4 aromatic rings. The number of nitrogens with zero attached hydrogens (tertiary/aromatic N) is 5. The summed E-state index contributed by atoms with van der Waals surface area (Å²) in [6.07, 6.45) is 3.86. The summed E-state index contributed by atoms with van der Waals surface area (Å²) in [5.74, 6) is 0.845. The molecule has 0 saturated carbocycles. The molecule has 6 rings (SSSR count). The molecule has 1 atom stereocenters. The number of thiazole rings is 1. The molecule has 36 heavy (non-hydrogen) atoms. The topological polar surface area (TPSA) is 114 Å². The molecule has 3 aromatic heterocycles. The second-order valence-electron chi connectivity index (χ2n) is 9.34. The SMILES string of the molecule is CC(=O)N1CCN(C[N+](=O)C2CCc3c(sc4ncnc(Nc5ccc6[nH]c(=O)sc6c5)c34)C2)CC1. The van der Waals surface area contributed by atoms with Crippen molar-refractivity contribution in [3.63, 3.8) is 0 Å². The Balaban J connectivity index is 1.18. The van der Waals surface area contributed by atoms with Crippen molar-refractivity contribution in [2.75, 3.05) is 38.2 Å². The minimum absolute atomic E-state index is 0.0699. The van der Waals surface area contributed by atoms with Crippen LogP contribution >= 0.6 is 22.7 Å². The Morgan fingerprint density at radius 3 is 2.86 bits per heavy atom. The molecule has 1 aliphatic heterocycles. The van der Waals surface area contributed by atoms with Crippen LogP contribution in [0.1, 0.15) is 23.8 Å². The first-order chi connectivity index (χ1) is 17.4. The molecule has 12 heteroatoms. The lowest BCUT2D eigenvalue weighted by Gasteiger charge is -2.32. The minimum atomic E-state index is -0.0706. The molecule has 1 amide bonds. The van der Waals surface area contributed by atoms with Gasteiger partial charge in [-0.15, -0.1) is 11.3 Å². The molecule has 1 saturated heterocycles. The van der Waals surface area contributed by atoms with Crippen molar-refractivity contribution in [3.05, 3.63) is 49.5 Å². The molecule has 186 valence electrons. The van der Waals surface area contributed by atoms with Crippen LogP contribution in [0.25, 0.3) is 20.4 Å². The van der Waals surface area contributed by atoms with Gasteiger partial charge in [-0.1, -0.05) is 11.3 Å². The van der Waals surface area contributed by atoms with E-state index in [4.69, 9.17) is 0 Å². The maximum Gasteiger partial charge on any atom is 0.305 e. The van der Waals surface area contributed by atoms with Crippen molar-refractivity contribution in [3.8, 4) is 0 Å². The number of amides is 1. The monoisotopic (exact) mass is 524 g/mol. The van der Waals surface area contributed by atoms with Crippen molar-refractivity contribution < 1.29 is 9.55 Å². The normalized spacial score (nSPS) is 18.5. The van der Waals surface area contributed by atoms with Crippen LogP contribution in [-0.4, -0.2) is 74.3 Å². The van der Waals surface area contributed by atoms with Gasteiger partial charge in [0.2, 0.25) is 18.6 Å². The second kappa shape index (κ2) is 9.34. The third-order valence-electron chi connectivity index (χ3n) is 7.07. The summed E-state index contributed by atoms with van der Waals surface area (Å²) < 4.78 is 2.11. The first kappa shape index (κ1) is 23.2. The van der Waals surface area contributed by atoms with Crippen LogP contribution in [0.3, 0.4) is 0 Å². The molecule has 2 N–H and O–H groups in total. The van der Waals surface area contributed by atoms with Crippen molar-refractivity contribution in [2.45, 2.75) is 32.2 Å². The van der Waals surface area contributed by atoms with Gasteiger partial charge in [0.05, 0.1) is 15.6 Å². The maximum absolute atomic E-state index is 13.1. The number of H-pyrrole nitrogens is 1. The number of rotatable bonds is 5. The van der Waals surface area contributed by atoms with E-state index in [1.807, 2.05) is 23.1 Å². The van der Waals surface area contributed by atoms with Gasteiger partial charge in [-0.05, 0) is 30.2 Å². The summed E-state index contributed by atoms with van der Waals surface area (Å²) in [6.45, 7) is 4.79. The number of aryl methyl sites for hydroxylation is 1. The summed E-state index contributed by atoms with van der Waals surface area (Å²) in [6, 6.07) is 5.70. The van der Waals surface area contributed by atoms with Gasteiger partial charge < -0.3 is 15.2 Å². The van der Waals surface area contributed by atoms with E-state index in [9.17, 15) is 14.5 Å². The molecule has 0 radical (unpaired) electrons. The fourth-order valence-electron chi connectivity index (χ4n) is 5.11.